The number of amides is 2. The molecule has 1 aliphatic heterocycles. The highest BCUT2D eigenvalue weighted by Crippen LogP contribution is 2.40. The highest BCUT2D eigenvalue weighted by molar-refractivity contribution is 6.00. The monoisotopic (exact) mass is 705 g/mol. The van der Waals surface area contributed by atoms with Crippen molar-refractivity contribution in [3.8, 4) is 28.7 Å². The van der Waals surface area contributed by atoms with E-state index in [0.29, 0.717) is 33.8 Å². The molecule has 3 rings (SSSR count). The summed E-state index contributed by atoms with van der Waals surface area (Å²) in [6.45, 7) is 2.79. The Balaban J connectivity index is 2.27. The van der Waals surface area contributed by atoms with Crippen molar-refractivity contribution in [2.24, 2.45) is 23.3 Å². The summed E-state index contributed by atoms with van der Waals surface area (Å²) in [5.41, 5.74) is 13.5. The van der Waals surface area contributed by atoms with E-state index in [-0.39, 0.29) is 63.6 Å². The van der Waals surface area contributed by atoms with Crippen LogP contribution in [0.4, 0.5) is 0 Å². The molecule has 4 atom stereocenters. The molecule has 1 aliphatic rings. The summed E-state index contributed by atoms with van der Waals surface area (Å²) in [4.78, 5) is 80.0. The lowest BCUT2D eigenvalue weighted by molar-refractivity contribution is -0.145. The highest BCUT2D eigenvalue weighted by atomic mass is 16.5. The first kappa shape index (κ1) is 40.5. The molecule has 4 bridgehead atoms. The van der Waals surface area contributed by atoms with Gasteiger partial charge < -0.3 is 36.3 Å². The largest absolute Gasteiger partial charge is 0.492 e. The van der Waals surface area contributed by atoms with Crippen LogP contribution in [0.25, 0.3) is 11.1 Å². The molecule has 0 fully saturated rings. The van der Waals surface area contributed by atoms with E-state index in [1.165, 1.54) is 20.9 Å². The molecule has 51 heavy (non-hydrogen) atoms. The van der Waals surface area contributed by atoms with Crippen molar-refractivity contribution in [3.05, 3.63) is 47.5 Å². The Kier molecular flexibility index (Phi) is 15.4. The Morgan fingerprint density at radius 2 is 1.65 bits per heavy atom. The molecule has 0 spiro atoms. The molecule has 1 heterocycles. The lowest BCUT2D eigenvalue weighted by Crippen LogP contribution is -2.46. The lowest BCUT2D eigenvalue weighted by atomic mass is 9.88. The zero-order valence-electron chi connectivity index (χ0n) is 29.3. The maximum atomic E-state index is 14.2. The molecule has 14 nitrogen and oxygen atoms in total. The summed E-state index contributed by atoms with van der Waals surface area (Å²) < 4.78 is 12.0. The lowest BCUT2D eigenvalue weighted by Gasteiger charge is -2.32. The van der Waals surface area contributed by atoms with E-state index >= 15 is 0 Å². The standard InChI is InChI=1S/C37H47N5O9/c1-22-15-32(47)35(42(3)37(49)26(21-43)19-27(45)16-23(2)44)25-7-9-34(51-14-12-40)29(20-25)28-17-24(6-8-33(28)50-13-11-39)18-30(41-36(22)48)31(46)5-4-10-38/h6-9,17,20,22,26,30,35,43H,4-5,11-16,18-19,21,39-40H2,1-3H3,(H,41,48)/t22-,26+,30+,35+/m1/s1. The summed E-state index contributed by atoms with van der Waals surface area (Å²) in [5.74, 6) is -4.45. The predicted octanol–water partition coefficient (Wildman–Crippen LogP) is 1.58. The number of nitrogens with two attached hydrogens (primary N) is 2. The first-order valence-electron chi connectivity index (χ1n) is 16.9. The van der Waals surface area contributed by atoms with Crippen molar-refractivity contribution in [2.45, 2.75) is 64.5 Å². The minimum Gasteiger partial charge on any atom is -0.492 e. The predicted molar refractivity (Wildman–Crippen MR) is 186 cm³/mol. The molecule has 2 aromatic rings. The number of rotatable bonds is 16. The van der Waals surface area contributed by atoms with Crippen LogP contribution in [0.2, 0.25) is 0 Å². The van der Waals surface area contributed by atoms with Crippen molar-refractivity contribution in [1.82, 2.24) is 10.2 Å². The van der Waals surface area contributed by atoms with E-state index in [0.717, 1.165) is 4.90 Å². The van der Waals surface area contributed by atoms with E-state index in [4.69, 9.17) is 26.2 Å². The summed E-state index contributed by atoms with van der Waals surface area (Å²) in [5, 5.41) is 22.0. The first-order valence-corrected chi connectivity index (χ1v) is 16.9. The smallest absolute Gasteiger partial charge is 0.229 e. The number of Topliss-reactive ketones (excluding diaryl/α,β-unsaturated/α-hetero) is 4. The fourth-order valence-corrected chi connectivity index (χ4v) is 5.98. The minimum absolute atomic E-state index is 0.0395. The quantitative estimate of drug-likeness (QED) is 0.182. The van der Waals surface area contributed by atoms with Crippen molar-refractivity contribution in [1.29, 1.82) is 5.26 Å². The summed E-state index contributed by atoms with van der Waals surface area (Å²) in [7, 11) is 1.37. The number of nitriles is 1. The van der Waals surface area contributed by atoms with Crippen molar-refractivity contribution < 1.29 is 43.3 Å². The fraction of sp³-hybridized carbons (Fsp3) is 0.486. The van der Waals surface area contributed by atoms with Crippen LogP contribution in [-0.4, -0.2) is 91.0 Å². The highest BCUT2D eigenvalue weighted by Gasteiger charge is 2.36. The number of nitrogens with one attached hydrogen (secondary N) is 1. The van der Waals surface area contributed by atoms with Crippen molar-refractivity contribution >= 4 is 34.9 Å². The zero-order valence-corrected chi connectivity index (χ0v) is 29.3. The third-order valence-electron chi connectivity index (χ3n) is 8.52. The molecule has 6 N–H and O–H groups in total. The molecular formula is C37H47N5O9. The van der Waals surface area contributed by atoms with Crippen LogP contribution in [0.5, 0.6) is 11.5 Å². The molecule has 2 amide bonds. The number of hydrogen-bond acceptors (Lipinski definition) is 12. The van der Waals surface area contributed by atoms with Gasteiger partial charge in [-0.3, -0.25) is 28.8 Å². The van der Waals surface area contributed by atoms with Gasteiger partial charge in [-0.1, -0.05) is 19.1 Å². The first-order chi connectivity index (χ1) is 24.3. The number of hydrogen-bond donors (Lipinski definition) is 4. The topological polar surface area (TPSA) is 232 Å². The second-order valence-corrected chi connectivity index (χ2v) is 12.7. The van der Waals surface area contributed by atoms with Crippen molar-refractivity contribution in [3.63, 3.8) is 0 Å². The summed E-state index contributed by atoms with van der Waals surface area (Å²) in [6.07, 6.45) is -1.19. The Hall–Kier alpha value is -4.97. The zero-order chi connectivity index (χ0) is 37.7. The van der Waals surface area contributed by atoms with Crippen LogP contribution in [-0.2, 0) is 35.2 Å². The van der Waals surface area contributed by atoms with Crippen LogP contribution >= 0.6 is 0 Å². The second kappa shape index (κ2) is 19.4. The second-order valence-electron chi connectivity index (χ2n) is 12.7. The molecule has 0 radical (unpaired) electrons. The van der Waals surface area contributed by atoms with E-state index in [9.17, 15) is 33.9 Å². The maximum absolute atomic E-state index is 14.2. The van der Waals surface area contributed by atoms with Gasteiger partial charge in [0, 0.05) is 62.9 Å². The Morgan fingerprint density at radius 3 is 2.24 bits per heavy atom. The Labute approximate surface area is 297 Å². The number of ketones is 4. The van der Waals surface area contributed by atoms with Gasteiger partial charge >= 0.3 is 0 Å². The number of ether oxygens (including phenoxy) is 2. The van der Waals surface area contributed by atoms with Gasteiger partial charge in [0.1, 0.15) is 42.3 Å². The van der Waals surface area contributed by atoms with Gasteiger partial charge in [0.15, 0.2) is 11.6 Å². The normalized spacial score (nSPS) is 18.0. The van der Waals surface area contributed by atoms with Gasteiger partial charge in [-0.25, -0.2) is 0 Å². The third-order valence-corrected chi connectivity index (χ3v) is 8.52. The number of aliphatic hydroxyl groups excluding tert-OH is 1. The molecule has 274 valence electrons. The molecule has 2 aromatic carbocycles. The SMILES string of the molecule is CC(=O)CC(=O)C[C@@H](CO)C(=O)N(C)[C@@H]1C(=O)C[C@@H](C)C(=O)N[C@H](C(=O)CCC#N)Cc2ccc(OCCN)c(c2)-c2cc1ccc2OCCN. The average molecular weight is 706 g/mol. The number of fused-ring (bicyclic) bond motifs is 5. The number of benzene rings is 2. The Bertz CT molecular complexity index is 1650. The van der Waals surface area contributed by atoms with Gasteiger partial charge in [0.05, 0.1) is 31.1 Å². The minimum atomic E-state index is -1.29. The molecular weight excluding hydrogens is 658 g/mol. The number of carbonyl (C=O) groups is 6. The molecule has 0 unspecified atom stereocenters. The van der Waals surface area contributed by atoms with Gasteiger partial charge in [0.2, 0.25) is 11.8 Å². The van der Waals surface area contributed by atoms with E-state index in [1.807, 2.05) is 6.07 Å². The number of likely N-dealkylation sites (N-methyl/N-ethyl adjacent to an activating group) is 1. The Morgan fingerprint density at radius 1 is 1.02 bits per heavy atom. The molecule has 14 heteroatoms. The summed E-state index contributed by atoms with van der Waals surface area (Å²) in [6, 6.07) is 9.81. The van der Waals surface area contributed by atoms with Gasteiger partial charge in [-0.15, -0.1) is 0 Å². The fourth-order valence-electron chi connectivity index (χ4n) is 5.98. The number of nitrogens with zero attached hydrogens (tertiary/aromatic N) is 2. The van der Waals surface area contributed by atoms with Crippen LogP contribution in [0.1, 0.15) is 63.1 Å². The number of aliphatic hydroxyl groups is 1. The van der Waals surface area contributed by atoms with E-state index in [1.54, 1.807) is 36.4 Å². The number of carbonyl (C=O) groups excluding carboxylic acids is 6. The molecule has 0 aliphatic carbocycles. The van der Waals surface area contributed by atoms with Crippen LogP contribution in [0, 0.1) is 23.2 Å². The van der Waals surface area contributed by atoms with Gasteiger partial charge in [-0.05, 0) is 48.7 Å². The van der Waals surface area contributed by atoms with Gasteiger partial charge in [0.25, 0.3) is 0 Å². The van der Waals surface area contributed by atoms with Crippen LogP contribution in [0.3, 0.4) is 0 Å². The summed E-state index contributed by atoms with van der Waals surface area (Å²) >= 11 is 0. The van der Waals surface area contributed by atoms with Crippen LogP contribution < -0.4 is 26.3 Å². The van der Waals surface area contributed by atoms with Crippen molar-refractivity contribution in [2.75, 3.05) is 40.0 Å². The molecule has 0 saturated heterocycles. The van der Waals surface area contributed by atoms with Crippen LogP contribution in [0.15, 0.2) is 36.4 Å². The molecule has 0 aromatic heterocycles. The van der Waals surface area contributed by atoms with E-state index < -0.39 is 66.7 Å². The maximum Gasteiger partial charge on any atom is 0.229 e. The van der Waals surface area contributed by atoms with Gasteiger partial charge in [-0.2, -0.15) is 5.26 Å². The average Bonchev–Trinajstić information content (AvgIpc) is 3.10. The van der Waals surface area contributed by atoms with E-state index in [2.05, 4.69) is 5.32 Å². The third kappa shape index (κ3) is 11.0. The molecule has 0 saturated carbocycles.